The molecule has 9 atom stereocenters. The molecule has 78 heavy (non-hydrogen) atoms. The summed E-state index contributed by atoms with van der Waals surface area (Å²) in [6, 6.07) is 0.0114. The van der Waals surface area contributed by atoms with Crippen LogP contribution in [0.2, 0.25) is 5.02 Å². The third kappa shape index (κ3) is 21.3. The fourth-order valence-electron chi connectivity index (χ4n) is 8.23. The number of amides is 8. The molecule has 428 valence electrons. The van der Waals surface area contributed by atoms with Gasteiger partial charge in [-0.05, 0) is 90.1 Å². The molecule has 8 amide bonds. The molecule has 0 spiro atoms. The van der Waals surface area contributed by atoms with E-state index >= 15 is 0 Å². The van der Waals surface area contributed by atoms with Crippen molar-refractivity contribution in [1.82, 2.24) is 42.1 Å². The molecule has 13 N–H and O–H groups in total. The molecule has 25 nitrogen and oxygen atoms in total. The van der Waals surface area contributed by atoms with Gasteiger partial charge in [-0.15, -0.1) is 0 Å². The van der Waals surface area contributed by atoms with Gasteiger partial charge in [0.1, 0.15) is 48.3 Å². The van der Waals surface area contributed by atoms with E-state index in [1.165, 1.54) is 0 Å². The Morgan fingerprint density at radius 2 is 1.19 bits per heavy atom. The lowest BCUT2D eigenvalue weighted by molar-refractivity contribution is -0.144. The second-order valence-corrected chi connectivity index (χ2v) is 20.9. The normalized spacial score (nSPS) is 16.2. The van der Waals surface area contributed by atoms with Crippen molar-refractivity contribution in [2.45, 2.75) is 153 Å². The van der Waals surface area contributed by atoms with Crippen molar-refractivity contribution in [1.29, 1.82) is 0 Å². The Kier molecular flexibility index (Phi) is 26.1. The van der Waals surface area contributed by atoms with Gasteiger partial charge in [-0.2, -0.15) is 0 Å². The molecule has 1 aliphatic heterocycles. The standard InChI is InChI=1S/C51H69BrClN9O16/c1-25(2)20-34(58-49(75)42(26(3)4)61-44(70)32(54)15-17-39(63)64)47(73)59-36(23-29-13-14-31(53)30(52)21-29)50(76)62-19-9-12-38(62)48(74)57-35(24-41(67)68)46(72)55-27(5)43(69)56-33(16-18-40(65)66)45(71)60-37(51(77)78)22-28-10-7-6-8-11-28/h6-8,10-11,13-14,21,25-27,32-38,42H,9,12,15-20,22-24,54H2,1-5H3,(H,55,72)(H,56,69)(H,57,74)(H,58,75)(H,59,73)(H,60,71)(H,61,70)(H,63,64)(H,65,66)(H,67,68)(H,77,78)/t27-,32-,33-,34-,35-,36-,37-,38+,42-/m0/s1. The molecular weight excluding hydrogens is 1110 g/mol. The number of carbonyl (C=O) groups is 12. The summed E-state index contributed by atoms with van der Waals surface area (Å²) in [6.07, 6.45) is -2.76. The maximum absolute atomic E-state index is 14.7. The number of carboxylic acids is 4. The van der Waals surface area contributed by atoms with Crippen molar-refractivity contribution in [3.63, 3.8) is 0 Å². The third-order valence-electron chi connectivity index (χ3n) is 12.4. The fraction of sp³-hybridized carbons (Fsp3) is 0.529. The number of aliphatic carboxylic acids is 4. The number of likely N-dealkylation sites (tertiary alicyclic amines) is 1. The van der Waals surface area contributed by atoms with Gasteiger partial charge in [-0.1, -0.05) is 75.7 Å². The number of benzene rings is 2. The highest BCUT2D eigenvalue weighted by Crippen LogP contribution is 2.26. The number of rotatable bonds is 31. The van der Waals surface area contributed by atoms with Gasteiger partial charge < -0.3 is 68.3 Å². The largest absolute Gasteiger partial charge is 0.481 e. The highest BCUT2D eigenvalue weighted by atomic mass is 79.9. The summed E-state index contributed by atoms with van der Waals surface area (Å²) in [5.74, 6) is -13.6. The van der Waals surface area contributed by atoms with Gasteiger partial charge in [0.15, 0.2) is 0 Å². The first-order chi connectivity index (χ1) is 36.6. The van der Waals surface area contributed by atoms with Gasteiger partial charge in [0.05, 0.1) is 17.5 Å². The van der Waals surface area contributed by atoms with Gasteiger partial charge in [0.25, 0.3) is 0 Å². The zero-order chi connectivity index (χ0) is 58.6. The molecule has 1 fully saturated rings. The summed E-state index contributed by atoms with van der Waals surface area (Å²) in [6.45, 7) is 7.94. The van der Waals surface area contributed by atoms with Gasteiger partial charge in [-0.25, -0.2) is 4.79 Å². The zero-order valence-corrected chi connectivity index (χ0v) is 46.1. The lowest BCUT2D eigenvalue weighted by Crippen LogP contribution is -2.61. The Morgan fingerprint density at radius 3 is 1.77 bits per heavy atom. The van der Waals surface area contributed by atoms with E-state index < -0.39 is 157 Å². The van der Waals surface area contributed by atoms with Crippen LogP contribution in [0.1, 0.15) is 97.1 Å². The van der Waals surface area contributed by atoms with E-state index in [1.807, 2.05) is 0 Å². The maximum Gasteiger partial charge on any atom is 0.326 e. The molecular formula is C51H69BrClN9O16. The molecule has 1 heterocycles. The van der Waals surface area contributed by atoms with E-state index in [2.05, 4.69) is 53.1 Å². The Hall–Kier alpha value is -7.19. The van der Waals surface area contributed by atoms with Crippen LogP contribution in [0.25, 0.3) is 0 Å². The number of nitrogens with zero attached hydrogens (tertiary/aromatic N) is 1. The summed E-state index contributed by atoms with van der Waals surface area (Å²) in [7, 11) is 0. The first-order valence-corrected chi connectivity index (χ1v) is 26.3. The highest BCUT2D eigenvalue weighted by Gasteiger charge is 2.41. The number of carbonyl (C=O) groups excluding carboxylic acids is 8. The van der Waals surface area contributed by atoms with E-state index in [0.717, 1.165) is 11.8 Å². The Morgan fingerprint density at radius 1 is 0.628 bits per heavy atom. The molecule has 0 unspecified atom stereocenters. The summed E-state index contributed by atoms with van der Waals surface area (Å²) < 4.78 is 0.452. The van der Waals surface area contributed by atoms with Gasteiger partial charge in [0, 0.05) is 36.7 Å². The number of halogens is 2. The number of hydrogen-bond donors (Lipinski definition) is 12. The molecule has 1 aliphatic rings. The van der Waals surface area contributed by atoms with E-state index in [4.69, 9.17) is 22.4 Å². The topological polar surface area (TPSA) is 399 Å². The molecule has 27 heteroatoms. The van der Waals surface area contributed by atoms with E-state index in [1.54, 1.807) is 76.2 Å². The molecule has 1 saturated heterocycles. The van der Waals surface area contributed by atoms with Crippen LogP contribution in [0.4, 0.5) is 0 Å². The minimum absolute atomic E-state index is 0.0210. The van der Waals surface area contributed by atoms with Gasteiger partial charge in [0.2, 0.25) is 47.3 Å². The van der Waals surface area contributed by atoms with Crippen LogP contribution in [0.5, 0.6) is 0 Å². The zero-order valence-electron chi connectivity index (χ0n) is 43.7. The quantitative estimate of drug-likeness (QED) is 0.0492. The van der Waals surface area contributed by atoms with Crippen LogP contribution >= 0.6 is 27.5 Å². The maximum atomic E-state index is 14.7. The first-order valence-electron chi connectivity index (χ1n) is 25.1. The second kappa shape index (κ2) is 31.3. The SMILES string of the molecule is CC(C)C[C@H](NC(=O)[C@@H](NC(=O)[C@@H](N)CCC(=O)O)C(C)C)C(=O)N[C@@H](Cc1ccc(Cl)c(Br)c1)C(=O)N1CCC[C@@H]1C(=O)N[C@@H](CC(=O)O)C(=O)N[C@@H](C)C(=O)N[C@@H](CCC(=O)O)C(=O)N[C@@H](Cc1ccccc1)C(=O)O. The lowest BCUT2D eigenvalue weighted by atomic mass is 9.98. The summed E-state index contributed by atoms with van der Waals surface area (Å²) in [5, 5.41) is 55.5. The summed E-state index contributed by atoms with van der Waals surface area (Å²) in [4.78, 5) is 158. The molecule has 0 saturated carbocycles. The first kappa shape index (κ1) is 65.1. The van der Waals surface area contributed by atoms with Gasteiger partial charge >= 0.3 is 23.9 Å². The van der Waals surface area contributed by atoms with Crippen LogP contribution in [0.3, 0.4) is 0 Å². The van der Waals surface area contributed by atoms with Crippen LogP contribution in [0, 0.1) is 11.8 Å². The van der Waals surface area contributed by atoms with Crippen molar-refractivity contribution < 1.29 is 78.0 Å². The molecule has 0 aliphatic carbocycles. The number of nitrogens with two attached hydrogens (primary N) is 1. The van der Waals surface area contributed by atoms with Crippen molar-refractivity contribution in [3.8, 4) is 0 Å². The molecule has 2 aromatic rings. The van der Waals surface area contributed by atoms with E-state index in [9.17, 15) is 72.9 Å². The van der Waals surface area contributed by atoms with Gasteiger partial charge in [-0.3, -0.25) is 52.7 Å². The van der Waals surface area contributed by atoms with Crippen molar-refractivity contribution in [2.75, 3.05) is 6.54 Å². The fourth-order valence-corrected chi connectivity index (χ4v) is 8.78. The monoisotopic (exact) mass is 1180 g/mol. The van der Waals surface area contributed by atoms with Crippen molar-refractivity contribution in [3.05, 3.63) is 69.2 Å². The average molecular weight is 1180 g/mol. The highest BCUT2D eigenvalue weighted by molar-refractivity contribution is 9.10. The Labute approximate surface area is 463 Å². The summed E-state index contributed by atoms with van der Waals surface area (Å²) in [5.41, 5.74) is 6.94. The van der Waals surface area contributed by atoms with Crippen molar-refractivity contribution in [2.24, 2.45) is 17.6 Å². The van der Waals surface area contributed by atoms with Crippen LogP contribution < -0.4 is 43.0 Å². The smallest absolute Gasteiger partial charge is 0.326 e. The van der Waals surface area contributed by atoms with Crippen LogP contribution in [0.15, 0.2) is 53.0 Å². The average Bonchev–Trinajstić information content (AvgIpc) is 3.86. The molecule has 2 aromatic carbocycles. The minimum Gasteiger partial charge on any atom is -0.481 e. The van der Waals surface area contributed by atoms with Crippen LogP contribution in [-0.2, 0) is 70.4 Å². The third-order valence-corrected chi connectivity index (χ3v) is 13.6. The second-order valence-electron chi connectivity index (χ2n) is 19.6. The molecule has 3 rings (SSSR count). The lowest BCUT2D eigenvalue weighted by Gasteiger charge is -2.31. The predicted molar refractivity (Wildman–Crippen MR) is 283 cm³/mol. The molecule has 0 aromatic heterocycles. The number of hydrogen-bond acceptors (Lipinski definition) is 13. The number of carboxylic acid groups (broad SMARTS) is 4. The number of nitrogens with one attached hydrogen (secondary N) is 7. The minimum atomic E-state index is -1.86. The Bertz CT molecular complexity index is 2520. The van der Waals surface area contributed by atoms with E-state index in [0.29, 0.717) is 20.6 Å². The molecule has 0 radical (unpaired) electrons. The van der Waals surface area contributed by atoms with E-state index in [-0.39, 0.29) is 51.0 Å². The Balaban J connectivity index is 1.85. The predicted octanol–water partition coefficient (Wildman–Crippen LogP) is 0.610. The molecule has 0 bridgehead atoms. The summed E-state index contributed by atoms with van der Waals surface area (Å²) >= 11 is 9.61. The van der Waals surface area contributed by atoms with Crippen LogP contribution in [-0.4, -0.2) is 157 Å². The van der Waals surface area contributed by atoms with Crippen molar-refractivity contribution >= 4 is 98.7 Å².